The van der Waals surface area contributed by atoms with E-state index in [1.165, 1.54) is 45.2 Å². The van der Waals surface area contributed by atoms with Crippen LogP contribution in [0.15, 0.2) is 14.3 Å². The first-order valence-electron chi connectivity index (χ1n) is 6.53. The fourth-order valence-electron chi connectivity index (χ4n) is 3.24. The predicted molar refractivity (Wildman–Crippen MR) is 91.7 cm³/mol. The van der Waals surface area contributed by atoms with E-state index in [1.54, 1.807) is 0 Å². The molecule has 1 unspecified atom stereocenters. The number of rotatable bonds is 4. The summed E-state index contributed by atoms with van der Waals surface area (Å²) in [6.07, 6.45) is 6.85. The van der Waals surface area contributed by atoms with Crippen LogP contribution in [0.4, 0.5) is 0 Å². The second kappa shape index (κ2) is 6.28. The van der Waals surface area contributed by atoms with Crippen LogP contribution in [0, 0.1) is 11.3 Å². The molecule has 1 heterocycles. The Kier molecular flexibility index (Phi) is 5.41. The summed E-state index contributed by atoms with van der Waals surface area (Å²) in [7, 11) is 0. The molecule has 0 saturated heterocycles. The molecular weight excluding hydrogens is 440 g/mol. The van der Waals surface area contributed by atoms with Gasteiger partial charge in [0.1, 0.15) is 0 Å². The fraction of sp³-hybridized carbons (Fsp3) is 0.714. The number of alkyl halides is 1. The van der Waals surface area contributed by atoms with Crippen LogP contribution in [0.5, 0.6) is 0 Å². The molecule has 1 aromatic heterocycles. The van der Waals surface area contributed by atoms with Crippen molar-refractivity contribution in [2.24, 2.45) is 11.3 Å². The molecule has 102 valence electrons. The Bertz CT molecular complexity index is 386. The van der Waals surface area contributed by atoms with Crippen molar-refractivity contribution < 1.29 is 0 Å². The van der Waals surface area contributed by atoms with Gasteiger partial charge >= 0.3 is 0 Å². The number of hydrogen-bond acceptors (Lipinski definition) is 1. The molecule has 0 radical (unpaired) electrons. The molecule has 0 bridgehead atoms. The zero-order valence-electron chi connectivity index (χ0n) is 10.8. The number of thiophene rings is 1. The van der Waals surface area contributed by atoms with Crippen molar-refractivity contribution in [2.45, 2.75) is 50.8 Å². The minimum atomic E-state index is 0.470. The Hall–Kier alpha value is 1.14. The summed E-state index contributed by atoms with van der Waals surface area (Å²) in [5.41, 5.74) is 0.470. The molecule has 1 aliphatic rings. The Balaban J connectivity index is 2.25. The summed E-state index contributed by atoms with van der Waals surface area (Å²) in [4.78, 5) is 1.96. The van der Waals surface area contributed by atoms with Gasteiger partial charge < -0.3 is 0 Å². The van der Waals surface area contributed by atoms with Crippen molar-refractivity contribution in [2.75, 3.05) is 0 Å². The Morgan fingerprint density at radius 2 is 1.89 bits per heavy atom. The molecule has 0 N–H and O–H groups in total. The molecule has 0 aromatic carbocycles. The summed E-state index contributed by atoms with van der Waals surface area (Å²) < 4.78 is 2.39. The number of hydrogen-bond donors (Lipinski definition) is 0. The average molecular weight is 459 g/mol. The molecule has 1 fully saturated rings. The van der Waals surface area contributed by atoms with Gasteiger partial charge in [-0.05, 0) is 68.5 Å². The second-order valence-electron chi connectivity index (χ2n) is 5.80. The third kappa shape index (κ3) is 3.24. The molecule has 1 saturated carbocycles. The van der Waals surface area contributed by atoms with Gasteiger partial charge in [-0.25, -0.2) is 0 Å². The van der Waals surface area contributed by atoms with Crippen LogP contribution in [0.1, 0.15) is 55.7 Å². The highest BCUT2D eigenvalue weighted by Crippen LogP contribution is 2.57. The van der Waals surface area contributed by atoms with Crippen LogP contribution in [-0.2, 0) is 0 Å². The Morgan fingerprint density at radius 3 is 2.33 bits per heavy atom. The molecule has 1 aliphatic carbocycles. The van der Waals surface area contributed by atoms with Crippen molar-refractivity contribution in [3.8, 4) is 0 Å². The third-order valence-corrected chi connectivity index (χ3v) is 8.95. The Labute approximate surface area is 139 Å². The van der Waals surface area contributed by atoms with E-state index in [-0.39, 0.29) is 0 Å². The predicted octanol–water partition coefficient (Wildman–Crippen LogP) is 7.32. The van der Waals surface area contributed by atoms with E-state index in [4.69, 9.17) is 0 Å². The largest absolute Gasteiger partial charge is 0.131 e. The standard InChI is InChI=1S/C14H19Br3S/c1-9(2)8-14(5-3-4-6-14)12(16)11-7-10(15)13(17)18-11/h7,9,12H,3-6,8H2,1-2H3. The average Bonchev–Trinajstić information content (AvgIpc) is 2.86. The summed E-state index contributed by atoms with van der Waals surface area (Å²) in [5, 5.41) is 0. The van der Waals surface area contributed by atoms with Crippen LogP contribution in [0.25, 0.3) is 0 Å². The highest BCUT2D eigenvalue weighted by atomic mass is 79.9. The first-order chi connectivity index (χ1) is 8.44. The van der Waals surface area contributed by atoms with Crippen LogP contribution < -0.4 is 0 Å². The summed E-state index contributed by atoms with van der Waals surface area (Å²) in [5.74, 6) is 0.773. The highest BCUT2D eigenvalue weighted by molar-refractivity contribution is 9.13. The molecular formula is C14H19Br3S. The third-order valence-electron chi connectivity index (χ3n) is 3.87. The Morgan fingerprint density at radius 1 is 1.28 bits per heavy atom. The van der Waals surface area contributed by atoms with Crippen LogP contribution in [0.3, 0.4) is 0 Å². The SMILES string of the molecule is CC(C)CC1(C(Br)c2cc(Br)c(Br)s2)CCCC1. The minimum absolute atomic E-state index is 0.470. The van der Waals surface area contributed by atoms with Gasteiger partial charge in [-0.3, -0.25) is 0 Å². The minimum Gasteiger partial charge on any atom is -0.131 e. The van der Waals surface area contributed by atoms with E-state index >= 15 is 0 Å². The quantitative estimate of drug-likeness (QED) is 0.414. The fourth-order valence-corrected chi connectivity index (χ4v) is 6.51. The zero-order valence-corrected chi connectivity index (χ0v) is 16.4. The van der Waals surface area contributed by atoms with E-state index in [1.807, 2.05) is 11.3 Å². The number of halogens is 3. The van der Waals surface area contributed by atoms with Gasteiger partial charge in [0.25, 0.3) is 0 Å². The molecule has 0 aliphatic heterocycles. The molecule has 1 aromatic rings. The van der Waals surface area contributed by atoms with Gasteiger partial charge in [-0.15, -0.1) is 11.3 Å². The summed E-state index contributed by atoms with van der Waals surface area (Å²) in [6.45, 7) is 4.69. The van der Waals surface area contributed by atoms with Crippen LogP contribution in [-0.4, -0.2) is 0 Å². The van der Waals surface area contributed by atoms with Crippen LogP contribution in [0.2, 0.25) is 0 Å². The molecule has 4 heteroatoms. The van der Waals surface area contributed by atoms with Crippen molar-refractivity contribution in [1.82, 2.24) is 0 Å². The van der Waals surface area contributed by atoms with Gasteiger partial charge in [0, 0.05) is 9.35 Å². The maximum Gasteiger partial charge on any atom is 0.0843 e. The van der Waals surface area contributed by atoms with E-state index in [2.05, 4.69) is 67.7 Å². The van der Waals surface area contributed by atoms with Gasteiger partial charge in [0.05, 0.1) is 8.61 Å². The summed E-state index contributed by atoms with van der Waals surface area (Å²) >= 11 is 13.1. The monoisotopic (exact) mass is 456 g/mol. The zero-order chi connectivity index (χ0) is 13.3. The van der Waals surface area contributed by atoms with E-state index in [0.29, 0.717) is 10.2 Å². The lowest BCUT2D eigenvalue weighted by Crippen LogP contribution is -2.23. The maximum absolute atomic E-state index is 4.01. The highest BCUT2D eigenvalue weighted by Gasteiger charge is 2.41. The van der Waals surface area contributed by atoms with E-state index < -0.39 is 0 Å². The van der Waals surface area contributed by atoms with Crippen molar-refractivity contribution in [3.63, 3.8) is 0 Å². The molecule has 0 spiro atoms. The molecule has 0 nitrogen and oxygen atoms in total. The van der Waals surface area contributed by atoms with E-state index in [0.717, 1.165) is 5.92 Å². The topological polar surface area (TPSA) is 0 Å². The summed E-state index contributed by atoms with van der Waals surface area (Å²) in [6, 6.07) is 2.27. The second-order valence-corrected chi connectivity index (χ2v) is 9.97. The van der Waals surface area contributed by atoms with Crippen molar-refractivity contribution in [1.29, 1.82) is 0 Å². The van der Waals surface area contributed by atoms with Crippen LogP contribution >= 0.6 is 59.1 Å². The smallest absolute Gasteiger partial charge is 0.0843 e. The first kappa shape index (κ1) is 15.5. The van der Waals surface area contributed by atoms with E-state index in [9.17, 15) is 0 Å². The van der Waals surface area contributed by atoms with Crippen molar-refractivity contribution >= 4 is 59.1 Å². The first-order valence-corrected chi connectivity index (χ1v) is 9.85. The molecule has 2 rings (SSSR count). The van der Waals surface area contributed by atoms with Gasteiger partial charge in [-0.1, -0.05) is 42.6 Å². The van der Waals surface area contributed by atoms with Gasteiger partial charge in [-0.2, -0.15) is 0 Å². The maximum atomic E-state index is 4.01. The van der Waals surface area contributed by atoms with Gasteiger partial charge in [0.15, 0.2) is 0 Å². The molecule has 18 heavy (non-hydrogen) atoms. The van der Waals surface area contributed by atoms with Crippen molar-refractivity contribution in [3.05, 3.63) is 19.2 Å². The normalized spacial score (nSPS) is 20.6. The lowest BCUT2D eigenvalue weighted by Gasteiger charge is -2.35. The van der Waals surface area contributed by atoms with Gasteiger partial charge in [0.2, 0.25) is 0 Å². The lowest BCUT2D eigenvalue weighted by atomic mass is 9.75. The molecule has 1 atom stereocenters. The molecule has 0 amide bonds. The lowest BCUT2D eigenvalue weighted by molar-refractivity contribution is 0.232.